The molecule has 1 saturated heterocycles. The second-order valence-electron chi connectivity index (χ2n) is 9.38. The number of piperazine rings is 1. The number of hydrogen-bond acceptors (Lipinski definition) is 4. The first-order valence-corrected chi connectivity index (χ1v) is 12.9. The van der Waals surface area contributed by atoms with Crippen molar-refractivity contribution in [2.45, 2.75) is 51.3 Å². The van der Waals surface area contributed by atoms with Crippen LogP contribution in [-0.4, -0.2) is 54.2 Å². The van der Waals surface area contributed by atoms with Crippen LogP contribution in [0.2, 0.25) is 5.02 Å². The Kier molecular flexibility index (Phi) is 8.49. The van der Waals surface area contributed by atoms with Crippen molar-refractivity contribution in [1.82, 2.24) is 9.80 Å². The van der Waals surface area contributed by atoms with Gasteiger partial charge >= 0.3 is 0 Å². The van der Waals surface area contributed by atoms with Crippen LogP contribution in [0, 0.1) is 0 Å². The van der Waals surface area contributed by atoms with E-state index in [1.54, 1.807) is 7.11 Å². The van der Waals surface area contributed by atoms with E-state index in [4.69, 9.17) is 16.3 Å². The number of unbranched alkanes of at least 4 members (excludes halogenated alkanes) is 1. The number of hydrogen-bond donors (Lipinski definition) is 1. The number of benzene rings is 3. The van der Waals surface area contributed by atoms with E-state index in [1.807, 2.05) is 24.3 Å². The van der Waals surface area contributed by atoms with Crippen LogP contribution in [0.5, 0.6) is 5.75 Å². The Morgan fingerprint density at radius 3 is 2.32 bits per heavy atom. The minimum absolute atomic E-state index is 0.111. The summed E-state index contributed by atoms with van der Waals surface area (Å²) in [4.78, 5) is 5.06. The molecule has 1 unspecified atom stereocenters. The topological polar surface area (TPSA) is 35.9 Å². The number of methoxy groups -OCH3 is 1. The third-order valence-corrected chi connectivity index (χ3v) is 7.76. The molecule has 0 aliphatic carbocycles. The summed E-state index contributed by atoms with van der Waals surface area (Å²) in [5, 5.41) is 14.1. The fraction of sp³-hybridized carbons (Fsp3) is 0.448. The summed E-state index contributed by atoms with van der Waals surface area (Å²) in [6, 6.07) is 21.3. The van der Waals surface area contributed by atoms with E-state index >= 15 is 0 Å². The van der Waals surface area contributed by atoms with Crippen molar-refractivity contribution in [2.75, 3.05) is 33.3 Å². The number of rotatable bonds is 9. The van der Waals surface area contributed by atoms with Crippen LogP contribution in [0.15, 0.2) is 60.7 Å². The molecule has 0 saturated carbocycles. The lowest BCUT2D eigenvalue weighted by atomic mass is 9.93. The minimum atomic E-state index is -0.532. The number of aliphatic hydroxyl groups is 1. The molecule has 3 aromatic carbocycles. The fourth-order valence-electron chi connectivity index (χ4n) is 5.21. The highest BCUT2D eigenvalue weighted by Gasteiger charge is 2.31. The summed E-state index contributed by atoms with van der Waals surface area (Å²) < 4.78 is 5.35. The lowest BCUT2D eigenvalue weighted by molar-refractivity contribution is 0.00510. The number of nitrogens with zero attached hydrogens (tertiary/aromatic N) is 2. The van der Waals surface area contributed by atoms with Crippen LogP contribution < -0.4 is 4.74 Å². The van der Waals surface area contributed by atoms with Crippen LogP contribution in [0.1, 0.15) is 56.4 Å². The quantitative estimate of drug-likeness (QED) is 0.380. The number of ether oxygens (including phenoxy) is 1. The summed E-state index contributed by atoms with van der Waals surface area (Å²) in [5.41, 5.74) is 2.32. The zero-order valence-corrected chi connectivity index (χ0v) is 21.3. The normalized spacial score (nSPS) is 18.0. The molecule has 182 valence electrons. The van der Waals surface area contributed by atoms with Crippen LogP contribution >= 0.6 is 11.6 Å². The zero-order valence-electron chi connectivity index (χ0n) is 20.6. The van der Waals surface area contributed by atoms with Gasteiger partial charge < -0.3 is 9.84 Å². The smallest absolute Gasteiger partial charge is 0.138 e. The highest BCUT2D eigenvalue weighted by atomic mass is 35.5. The molecule has 0 radical (unpaired) electrons. The van der Waals surface area contributed by atoms with Crippen molar-refractivity contribution < 1.29 is 9.84 Å². The van der Waals surface area contributed by atoms with Gasteiger partial charge in [0.15, 0.2) is 0 Å². The van der Waals surface area contributed by atoms with Gasteiger partial charge in [-0.25, -0.2) is 0 Å². The van der Waals surface area contributed by atoms with Gasteiger partial charge in [-0.3, -0.25) is 9.80 Å². The highest BCUT2D eigenvalue weighted by molar-refractivity contribution is 6.37. The van der Waals surface area contributed by atoms with Gasteiger partial charge in [-0.15, -0.1) is 0 Å². The molecule has 3 aromatic rings. The van der Waals surface area contributed by atoms with Crippen LogP contribution in [-0.2, 0) is 0 Å². The summed E-state index contributed by atoms with van der Waals surface area (Å²) in [7, 11) is 1.63. The number of fused-ring (bicyclic) bond motifs is 1. The standard InChI is InChI=1S/C29H37ClN2O2/c1-4-5-11-26(32-18-16-31(17-19-32)21(2)22-9-7-6-8-10-22)29(33)24-12-14-25-23(20-24)13-15-27(34-3)28(25)30/h6-10,12-15,20-21,26,29,33H,4-5,11,16-19H2,1-3H3/t21?,26-,29+/m0/s1. The monoisotopic (exact) mass is 480 g/mol. The molecule has 1 N–H and O–H groups in total. The highest BCUT2D eigenvalue weighted by Crippen LogP contribution is 2.35. The van der Waals surface area contributed by atoms with Gasteiger partial charge in [0.05, 0.1) is 18.2 Å². The minimum Gasteiger partial charge on any atom is -0.495 e. The van der Waals surface area contributed by atoms with Gasteiger partial charge in [0, 0.05) is 43.6 Å². The molecule has 5 heteroatoms. The zero-order chi connectivity index (χ0) is 24.1. The summed E-state index contributed by atoms with van der Waals surface area (Å²) in [6.07, 6.45) is 2.70. The Morgan fingerprint density at radius 2 is 1.65 bits per heavy atom. The summed E-state index contributed by atoms with van der Waals surface area (Å²) >= 11 is 6.51. The predicted molar refractivity (Wildman–Crippen MR) is 142 cm³/mol. The molecule has 0 amide bonds. The predicted octanol–water partition coefficient (Wildman–Crippen LogP) is 6.47. The number of halogens is 1. The van der Waals surface area contributed by atoms with Crippen molar-refractivity contribution in [1.29, 1.82) is 0 Å². The SMILES string of the molecule is CCCC[C@@H]([C@H](O)c1ccc2c(Cl)c(OC)ccc2c1)N1CCN(C(C)c2ccccc2)CC1. The molecule has 4 rings (SSSR count). The number of aliphatic hydroxyl groups excluding tert-OH is 1. The van der Waals surface area contributed by atoms with E-state index in [2.05, 4.69) is 60.0 Å². The molecule has 0 aromatic heterocycles. The van der Waals surface area contributed by atoms with Crippen LogP contribution in [0.25, 0.3) is 10.8 Å². The fourth-order valence-corrected chi connectivity index (χ4v) is 5.52. The first-order valence-electron chi connectivity index (χ1n) is 12.5. The Balaban J connectivity index is 1.49. The lowest BCUT2D eigenvalue weighted by Gasteiger charge is -2.43. The van der Waals surface area contributed by atoms with Crippen molar-refractivity contribution >= 4 is 22.4 Å². The lowest BCUT2D eigenvalue weighted by Crippen LogP contribution is -2.52. The van der Waals surface area contributed by atoms with Crippen molar-refractivity contribution in [3.63, 3.8) is 0 Å². The summed E-state index contributed by atoms with van der Waals surface area (Å²) in [6.45, 7) is 8.48. The molecule has 1 fully saturated rings. The maximum atomic E-state index is 11.5. The van der Waals surface area contributed by atoms with Gasteiger partial charge in [0.25, 0.3) is 0 Å². The van der Waals surface area contributed by atoms with E-state index in [-0.39, 0.29) is 6.04 Å². The summed E-state index contributed by atoms with van der Waals surface area (Å²) in [5.74, 6) is 0.672. The maximum Gasteiger partial charge on any atom is 0.138 e. The third kappa shape index (κ3) is 5.41. The van der Waals surface area contributed by atoms with Crippen molar-refractivity contribution in [2.24, 2.45) is 0 Å². The van der Waals surface area contributed by atoms with E-state index < -0.39 is 6.10 Å². The molecular formula is C29H37ClN2O2. The van der Waals surface area contributed by atoms with Crippen LogP contribution in [0.3, 0.4) is 0 Å². The third-order valence-electron chi connectivity index (χ3n) is 7.37. The largest absolute Gasteiger partial charge is 0.495 e. The van der Waals surface area contributed by atoms with Crippen molar-refractivity contribution in [3.05, 3.63) is 76.8 Å². The first kappa shape index (κ1) is 25.0. The van der Waals surface area contributed by atoms with E-state index in [1.165, 1.54) is 5.56 Å². The Bertz CT molecular complexity index is 1070. The van der Waals surface area contributed by atoms with E-state index in [0.29, 0.717) is 16.8 Å². The van der Waals surface area contributed by atoms with Gasteiger partial charge in [0.2, 0.25) is 0 Å². The molecule has 0 bridgehead atoms. The molecule has 1 heterocycles. The Hall–Kier alpha value is -2.11. The van der Waals surface area contributed by atoms with Gasteiger partial charge in [0.1, 0.15) is 5.75 Å². The molecule has 1 aliphatic heterocycles. The van der Waals surface area contributed by atoms with E-state index in [9.17, 15) is 5.11 Å². The maximum absolute atomic E-state index is 11.5. The van der Waals surface area contributed by atoms with Crippen molar-refractivity contribution in [3.8, 4) is 5.75 Å². The Morgan fingerprint density at radius 1 is 0.941 bits per heavy atom. The van der Waals surface area contributed by atoms with E-state index in [0.717, 1.165) is 61.8 Å². The van der Waals surface area contributed by atoms with Crippen LogP contribution in [0.4, 0.5) is 0 Å². The average molecular weight is 481 g/mol. The first-order chi connectivity index (χ1) is 16.5. The second kappa shape index (κ2) is 11.5. The Labute approximate surface area is 209 Å². The average Bonchev–Trinajstić information content (AvgIpc) is 2.89. The second-order valence-corrected chi connectivity index (χ2v) is 9.75. The van der Waals surface area contributed by atoms with Gasteiger partial charge in [-0.05, 0) is 42.0 Å². The molecule has 0 spiro atoms. The molecule has 3 atom stereocenters. The molecule has 34 heavy (non-hydrogen) atoms. The molecule has 1 aliphatic rings. The molecular weight excluding hydrogens is 444 g/mol. The van der Waals surface area contributed by atoms with Gasteiger partial charge in [-0.1, -0.05) is 79.9 Å². The van der Waals surface area contributed by atoms with Gasteiger partial charge in [-0.2, -0.15) is 0 Å². The molecule has 4 nitrogen and oxygen atoms in total.